The number of piperidine rings is 1. The zero-order valence-electron chi connectivity index (χ0n) is 25.8. The molecule has 0 bridgehead atoms. The number of amidine groups is 1. The minimum Gasteiger partial charge on any atom is -0.374 e. The zero-order valence-corrected chi connectivity index (χ0v) is 27.3. The fourth-order valence-electron chi connectivity index (χ4n) is 6.03. The van der Waals surface area contributed by atoms with Gasteiger partial charge in [-0.3, -0.25) is 9.98 Å². The number of halogens is 2. The Kier molecular flexibility index (Phi) is 10.8. The Hall–Kier alpha value is -3.44. The summed E-state index contributed by atoms with van der Waals surface area (Å²) < 4.78 is 16.8. The number of hydrogen-bond acceptors (Lipinski definition) is 6. The summed E-state index contributed by atoms with van der Waals surface area (Å²) in [6, 6.07) is 11.9. The number of H-pyrrole nitrogens is 1. The maximum absolute atomic E-state index is 15.2. The molecule has 3 heterocycles. The molecule has 11 heteroatoms. The molecular weight excluding hydrogens is 609 g/mol. The van der Waals surface area contributed by atoms with Gasteiger partial charge in [0.2, 0.25) is 0 Å². The summed E-state index contributed by atoms with van der Waals surface area (Å²) in [5, 5.41) is 15.2. The Labute approximate surface area is 272 Å². The number of aryl methyl sites for hydroxylation is 1. The molecule has 5 rings (SSSR count). The predicted molar refractivity (Wildman–Crippen MR) is 185 cm³/mol. The van der Waals surface area contributed by atoms with Crippen molar-refractivity contribution in [1.29, 1.82) is 5.41 Å². The van der Waals surface area contributed by atoms with Gasteiger partial charge >= 0.3 is 5.69 Å². The number of hydrogen-bond donors (Lipinski definition) is 5. The standard InChI is InChI=1S/C34H41ClFN7OS/c1-4-23(38)8-5-7-21-15-27(32(36)28(35)16-21)30-17-22-19-43(34(44)42-33(22)41-30)25-11-12-26(31(18-25)45-3)29-10-6-9-24(40-29)13-14-39-20(2)37/h4,11-12,15-19,23-24,29,40H,1,5-10,13-14,38H2,2-3H3,(H2,37,39)(H,41,42,44)/t23-,24-,29-/m0/s1. The van der Waals surface area contributed by atoms with Gasteiger partial charge in [-0.25, -0.2) is 9.18 Å². The first-order valence-corrected chi connectivity index (χ1v) is 17.0. The van der Waals surface area contributed by atoms with E-state index in [9.17, 15) is 4.79 Å². The second kappa shape index (κ2) is 14.8. The average Bonchev–Trinajstić information content (AvgIpc) is 3.44. The summed E-state index contributed by atoms with van der Waals surface area (Å²) >= 11 is 7.95. The fraction of sp³-hybridized carbons (Fsp3) is 0.382. The van der Waals surface area contributed by atoms with Gasteiger partial charge in [-0.05, 0) is 93.2 Å². The first-order valence-electron chi connectivity index (χ1n) is 15.4. The quantitative estimate of drug-likeness (QED) is 0.0493. The van der Waals surface area contributed by atoms with Crippen LogP contribution in [0.4, 0.5) is 4.39 Å². The van der Waals surface area contributed by atoms with E-state index in [0.717, 1.165) is 61.2 Å². The molecule has 0 spiro atoms. The molecule has 1 saturated heterocycles. The highest BCUT2D eigenvalue weighted by molar-refractivity contribution is 7.98. The molecule has 1 aliphatic heterocycles. The third-order valence-electron chi connectivity index (χ3n) is 8.43. The highest BCUT2D eigenvalue weighted by Crippen LogP contribution is 2.35. The summed E-state index contributed by atoms with van der Waals surface area (Å²) in [6.07, 6.45) is 12.1. The van der Waals surface area contributed by atoms with E-state index in [4.69, 9.17) is 22.7 Å². The third kappa shape index (κ3) is 7.87. The molecule has 6 N–H and O–H groups in total. The minimum atomic E-state index is -0.523. The summed E-state index contributed by atoms with van der Waals surface area (Å²) in [6.45, 7) is 6.27. The van der Waals surface area contributed by atoms with Crippen molar-refractivity contribution < 1.29 is 4.39 Å². The van der Waals surface area contributed by atoms with E-state index >= 15 is 4.39 Å². The van der Waals surface area contributed by atoms with Gasteiger partial charge in [-0.15, -0.1) is 18.3 Å². The predicted octanol–water partition coefficient (Wildman–Crippen LogP) is 6.89. The van der Waals surface area contributed by atoms with Crippen LogP contribution in [0.1, 0.15) is 62.6 Å². The lowest BCUT2D eigenvalue weighted by Crippen LogP contribution is -2.39. The zero-order chi connectivity index (χ0) is 32.1. The lowest BCUT2D eigenvalue weighted by atomic mass is 9.92. The SMILES string of the molecule is C=C[C@H](N)CCCc1cc(Cl)c(F)c(-c2cc3cn(-c4ccc([C@@H]5CCC[C@@H](CCNC(C)=N)N5)c(SC)c4)c(=O)nc3[nH]2)c1. The Morgan fingerprint density at radius 2 is 2.16 bits per heavy atom. The number of fused-ring (bicyclic) bond motifs is 1. The van der Waals surface area contributed by atoms with Crippen LogP contribution in [0, 0.1) is 11.2 Å². The first-order chi connectivity index (χ1) is 21.7. The van der Waals surface area contributed by atoms with Gasteiger partial charge in [0.1, 0.15) is 5.65 Å². The van der Waals surface area contributed by atoms with Crippen molar-refractivity contribution in [1.82, 2.24) is 25.2 Å². The minimum absolute atomic E-state index is 0.0447. The van der Waals surface area contributed by atoms with Crippen LogP contribution in [-0.2, 0) is 6.42 Å². The molecule has 0 unspecified atom stereocenters. The van der Waals surface area contributed by atoms with Crippen LogP contribution in [0.25, 0.3) is 28.0 Å². The van der Waals surface area contributed by atoms with Crippen LogP contribution in [0.3, 0.4) is 0 Å². The molecule has 4 aromatic rings. The van der Waals surface area contributed by atoms with E-state index in [-0.39, 0.29) is 17.1 Å². The van der Waals surface area contributed by atoms with E-state index in [0.29, 0.717) is 40.6 Å². The molecule has 238 valence electrons. The van der Waals surface area contributed by atoms with E-state index in [1.165, 1.54) is 10.1 Å². The largest absolute Gasteiger partial charge is 0.374 e. The van der Waals surface area contributed by atoms with Crippen LogP contribution in [0.15, 0.2) is 64.9 Å². The van der Waals surface area contributed by atoms with Crippen molar-refractivity contribution in [3.05, 3.63) is 87.7 Å². The molecule has 0 aliphatic carbocycles. The molecular formula is C34H41ClFN7OS. The van der Waals surface area contributed by atoms with Gasteiger partial charge in [0.25, 0.3) is 0 Å². The fourth-order valence-corrected chi connectivity index (χ4v) is 6.96. The van der Waals surface area contributed by atoms with Crippen molar-refractivity contribution >= 4 is 40.2 Å². The molecule has 0 radical (unpaired) electrons. The molecule has 8 nitrogen and oxygen atoms in total. The smallest absolute Gasteiger partial charge is 0.354 e. The number of rotatable bonds is 12. The number of nitrogens with two attached hydrogens (primary N) is 1. The third-order valence-corrected chi connectivity index (χ3v) is 9.50. The number of benzene rings is 2. The van der Waals surface area contributed by atoms with Crippen LogP contribution < -0.4 is 22.1 Å². The Morgan fingerprint density at radius 1 is 1.33 bits per heavy atom. The van der Waals surface area contributed by atoms with Crippen molar-refractivity contribution in [3.63, 3.8) is 0 Å². The second-order valence-corrected chi connectivity index (χ2v) is 13.0. The average molecular weight is 650 g/mol. The number of nitrogens with zero attached hydrogens (tertiary/aromatic N) is 2. The number of thioether (sulfide) groups is 1. The Morgan fingerprint density at radius 3 is 2.91 bits per heavy atom. The molecule has 2 aromatic heterocycles. The molecule has 1 aliphatic rings. The summed E-state index contributed by atoms with van der Waals surface area (Å²) in [4.78, 5) is 21.7. The number of aromatic nitrogens is 3. The molecule has 45 heavy (non-hydrogen) atoms. The van der Waals surface area contributed by atoms with Gasteiger partial charge < -0.3 is 21.4 Å². The highest BCUT2D eigenvalue weighted by atomic mass is 35.5. The maximum atomic E-state index is 15.2. The highest BCUT2D eigenvalue weighted by Gasteiger charge is 2.24. The van der Waals surface area contributed by atoms with Gasteiger partial charge in [0.15, 0.2) is 5.82 Å². The topological polar surface area (TPSA) is 125 Å². The molecule has 1 fully saturated rings. The van der Waals surface area contributed by atoms with Crippen LogP contribution in [-0.4, -0.2) is 45.3 Å². The van der Waals surface area contributed by atoms with Crippen LogP contribution in [0.5, 0.6) is 0 Å². The van der Waals surface area contributed by atoms with Gasteiger partial charge in [-0.2, -0.15) is 4.98 Å². The Balaban J connectivity index is 1.40. The second-order valence-electron chi connectivity index (χ2n) is 11.7. The lowest BCUT2D eigenvalue weighted by Gasteiger charge is -2.32. The summed E-state index contributed by atoms with van der Waals surface area (Å²) in [5.74, 6) is -0.0338. The van der Waals surface area contributed by atoms with Crippen LogP contribution >= 0.6 is 23.4 Å². The lowest BCUT2D eigenvalue weighted by molar-refractivity contribution is 0.310. The van der Waals surface area contributed by atoms with Crippen LogP contribution in [0.2, 0.25) is 5.02 Å². The van der Waals surface area contributed by atoms with E-state index in [1.54, 1.807) is 49.2 Å². The van der Waals surface area contributed by atoms with Gasteiger partial charge in [0.05, 0.1) is 22.2 Å². The summed E-state index contributed by atoms with van der Waals surface area (Å²) in [5.41, 5.74) is 9.59. The van der Waals surface area contributed by atoms with Gasteiger partial charge in [0, 0.05) is 46.7 Å². The first kappa shape index (κ1) is 32.9. The number of nitrogens with one attached hydrogen (secondary N) is 4. The van der Waals surface area contributed by atoms with E-state index in [1.807, 2.05) is 18.4 Å². The van der Waals surface area contributed by atoms with Crippen molar-refractivity contribution in [2.75, 3.05) is 12.8 Å². The van der Waals surface area contributed by atoms with Crippen molar-refractivity contribution in [2.24, 2.45) is 5.73 Å². The molecule has 2 aromatic carbocycles. The van der Waals surface area contributed by atoms with Crippen molar-refractivity contribution in [2.45, 2.75) is 74.9 Å². The molecule has 0 saturated carbocycles. The normalized spacial score (nSPS) is 17.4. The molecule has 0 amide bonds. The van der Waals surface area contributed by atoms with E-state index in [2.05, 4.69) is 33.2 Å². The maximum Gasteiger partial charge on any atom is 0.354 e. The summed E-state index contributed by atoms with van der Waals surface area (Å²) in [7, 11) is 0. The van der Waals surface area contributed by atoms with Crippen molar-refractivity contribution in [3.8, 4) is 16.9 Å². The van der Waals surface area contributed by atoms with Gasteiger partial charge in [-0.1, -0.05) is 30.2 Å². The number of aromatic amines is 1. The monoisotopic (exact) mass is 649 g/mol. The van der Waals surface area contributed by atoms with E-state index < -0.39 is 11.5 Å². The molecule has 3 atom stereocenters. The Bertz CT molecular complexity index is 1750.